The standard InChI is InChI=1S/C15H23N5/c1-12(2)19(11-13-4-3-6-16-10-13)15-14-5-7-18-20(14)9-8-17-15/h5,7-9,12-13,16H,3-4,6,10-11H2,1-2H3. The summed E-state index contributed by atoms with van der Waals surface area (Å²) in [6, 6.07) is 2.47. The Kier molecular flexibility index (Phi) is 3.87. The van der Waals surface area contributed by atoms with Gasteiger partial charge in [-0.25, -0.2) is 9.50 Å². The average molecular weight is 273 g/mol. The predicted molar refractivity (Wildman–Crippen MR) is 81.1 cm³/mol. The smallest absolute Gasteiger partial charge is 0.154 e. The summed E-state index contributed by atoms with van der Waals surface area (Å²) in [5.74, 6) is 1.75. The van der Waals surface area contributed by atoms with Gasteiger partial charge >= 0.3 is 0 Å². The molecule has 5 nitrogen and oxygen atoms in total. The minimum absolute atomic E-state index is 0.436. The van der Waals surface area contributed by atoms with Gasteiger partial charge in [0, 0.05) is 25.0 Å². The van der Waals surface area contributed by atoms with E-state index in [-0.39, 0.29) is 0 Å². The number of hydrogen-bond acceptors (Lipinski definition) is 4. The number of nitrogens with zero attached hydrogens (tertiary/aromatic N) is 4. The van der Waals surface area contributed by atoms with Crippen LogP contribution in [-0.4, -0.2) is 40.3 Å². The van der Waals surface area contributed by atoms with Crippen LogP contribution in [0.25, 0.3) is 5.52 Å². The molecule has 1 aliphatic heterocycles. The number of fused-ring (bicyclic) bond motifs is 1. The van der Waals surface area contributed by atoms with Gasteiger partial charge in [-0.2, -0.15) is 5.10 Å². The van der Waals surface area contributed by atoms with Gasteiger partial charge in [-0.15, -0.1) is 0 Å². The molecule has 2 aromatic heterocycles. The van der Waals surface area contributed by atoms with E-state index in [0.29, 0.717) is 12.0 Å². The Hall–Kier alpha value is -1.62. The van der Waals surface area contributed by atoms with Crippen LogP contribution >= 0.6 is 0 Å². The van der Waals surface area contributed by atoms with E-state index in [1.807, 2.05) is 29.2 Å². The van der Waals surface area contributed by atoms with Crippen LogP contribution < -0.4 is 10.2 Å². The number of aromatic nitrogens is 3. The van der Waals surface area contributed by atoms with Crippen LogP contribution in [0.3, 0.4) is 0 Å². The number of rotatable bonds is 4. The van der Waals surface area contributed by atoms with Crippen molar-refractivity contribution in [3.05, 3.63) is 24.7 Å². The molecule has 0 aromatic carbocycles. The maximum Gasteiger partial charge on any atom is 0.154 e. The zero-order valence-corrected chi connectivity index (χ0v) is 12.3. The van der Waals surface area contributed by atoms with Crippen LogP contribution in [0.5, 0.6) is 0 Å². The highest BCUT2D eigenvalue weighted by atomic mass is 15.3. The first kappa shape index (κ1) is 13.4. The van der Waals surface area contributed by atoms with E-state index in [1.165, 1.54) is 12.8 Å². The van der Waals surface area contributed by atoms with Crippen LogP contribution in [0.15, 0.2) is 24.7 Å². The lowest BCUT2D eigenvalue weighted by Gasteiger charge is -2.33. The van der Waals surface area contributed by atoms with Crippen LogP contribution in [-0.2, 0) is 0 Å². The van der Waals surface area contributed by atoms with Crippen molar-refractivity contribution in [2.45, 2.75) is 32.7 Å². The van der Waals surface area contributed by atoms with Crippen LogP contribution in [0.2, 0.25) is 0 Å². The predicted octanol–water partition coefficient (Wildman–Crippen LogP) is 1.94. The summed E-state index contributed by atoms with van der Waals surface area (Å²) >= 11 is 0. The largest absolute Gasteiger partial charge is 0.352 e. The first-order valence-corrected chi connectivity index (χ1v) is 7.51. The average Bonchev–Trinajstić information content (AvgIpc) is 2.94. The Bertz CT molecular complexity index is 556. The van der Waals surface area contributed by atoms with Crippen molar-refractivity contribution in [2.24, 2.45) is 5.92 Å². The van der Waals surface area contributed by atoms with Gasteiger partial charge in [-0.05, 0) is 51.8 Å². The summed E-state index contributed by atoms with van der Waals surface area (Å²) in [6.07, 6.45) is 8.16. The Morgan fingerprint density at radius 1 is 1.45 bits per heavy atom. The molecule has 3 heterocycles. The molecule has 3 rings (SSSR count). The topological polar surface area (TPSA) is 45.5 Å². The molecule has 0 amide bonds. The Morgan fingerprint density at radius 3 is 3.10 bits per heavy atom. The van der Waals surface area contributed by atoms with Crippen LogP contribution in [0, 0.1) is 5.92 Å². The van der Waals surface area contributed by atoms with Crippen LogP contribution in [0.4, 0.5) is 5.82 Å². The minimum Gasteiger partial charge on any atom is -0.352 e. The van der Waals surface area contributed by atoms with Crippen molar-refractivity contribution in [3.63, 3.8) is 0 Å². The fraction of sp³-hybridized carbons (Fsp3) is 0.600. The lowest BCUT2D eigenvalue weighted by atomic mass is 9.98. The lowest BCUT2D eigenvalue weighted by Crippen LogP contribution is -2.41. The summed E-state index contributed by atoms with van der Waals surface area (Å²) in [7, 11) is 0. The van der Waals surface area contributed by atoms with Crippen molar-refractivity contribution < 1.29 is 0 Å². The first-order valence-electron chi connectivity index (χ1n) is 7.51. The van der Waals surface area contributed by atoms with Crippen LogP contribution in [0.1, 0.15) is 26.7 Å². The quantitative estimate of drug-likeness (QED) is 0.925. The highest BCUT2D eigenvalue weighted by molar-refractivity contribution is 5.68. The van der Waals surface area contributed by atoms with E-state index in [2.05, 4.69) is 34.1 Å². The molecular weight excluding hydrogens is 250 g/mol. The summed E-state index contributed by atoms with van der Waals surface area (Å²) in [5.41, 5.74) is 1.09. The first-order chi connectivity index (χ1) is 9.75. The molecule has 1 aliphatic rings. The van der Waals surface area contributed by atoms with Gasteiger partial charge in [0.2, 0.25) is 0 Å². The van der Waals surface area contributed by atoms with Crippen molar-refractivity contribution in [1.82, 2.24) is 19.9 Å². The molecular formula is C15H23N5. The molecule has 1 saturated heterocycles. The van der Waals surface area contributed by atoms with Gasteiger partial charge in [0.05, 0.1) is 6.20 Å². The van der Waals surface area contributed by atoms with Gasteiger partial charge in [0.25, 0.3) is 0 Å². The Labute approximate surface area is 120 Å². The van der Waals surface area contributed by atoms with Crippen molar-refractivity contribution >= 4 is 11.3 Å². The number of hydrogen-bond donors (Lipinski definition) is 1. The maximum absolute atomic E-state index is 4.61. The van der Waals surface area contributed by atoms with E-state index in [1.54, 1.807) is 0 Å². The second kappa shape index (κ2) is 5.79. The molecule has 0 spiro atoms. The third kappa shape index (κ3) is 2.63. The van der Waals surface area contributed by atoms with E-state index in [0.717, 1.165) is 31.0 Å². The van der Waals surface area contributed by atoms with Crippen molar-refractivity contribution in [1.29, 1.82) is 0 Å². The zero-order chi connectivity index (χ0) is 13.9. The fourth-order valence-electron chi connectivity index (χ4n) is 2.96. The summed E-state index contributed by atoms with van der Waals surface area (Å²) < 4.78 is 1.90. The lowest BCUT2D eigenvalue weighted by molar-refractivity contribution is 0.370. The van der Waals surface area contributed by atoms with Gasteiger partial charge in [-0.1, -0.05) is 0 Å². The monoisotopic (exact) mass is 273 g/mol. The number of anilines is 1. The molecule has 1 N–H and O–H groups in total. The number of piperidine rings is 1. The second-order valence-corrected chi connectivity index (χ2v) is 5.87. The van der Waals surface area contributed by atoms with Gasteiger partial charge in [0.15, 0.2) is 5.82 Å². The van der Waals surface area contributed by atoms with Gasteiger partial charge < -0.3 is 10.2 Å². The fourth-order valence-corrected chi connectivity index (χ4v) is 2.96. The molecule has 0 saturated carbocycles. The molecule has 108 valence electrons. The molecule has 2 aromatic rings. The molecule has 5 heteroatoms. The number of nitrogens with one attached hydrogen (secondary N) is 1. The Balaban J connectivity index is 1.87. The molecule has 0 bridgehead atoms. The Morgan fingerprint density at radius 2 is 2.35 bits per heavy atom. The molecule has 0 aliphatic carbocycles. The van der Waals surface area contributed by atoms with E-state index < -0.39 is 0 Å². The van der Waals surface area contributed by atoms with E-state index >= 15 is 0 Å². The third-order valence-electron chi connectivity index (χ3n) is 4.05. The molecule has 1 fully saturated rings. The van der Waals surface area contributed by atoms with Crippen molar-refractivity contribution in [3.8, 4) is 0 Å². The zero-order valence-electron chi connectivity index (χ0n) is 12.3. The van der Waals surface area contributed by atoms with Gasteiger partial charge in [0.1, 0.15) is 5.52 Å². The van der Waals surface area contributed by atoms with E-state index in [4.69, 9.17) is 0 Å². The van der Waals surface area contributed by atoms with E-state index in [9.17, 15) is 0 Å². The molecule has 1 unspecified atom stereocenters. The third-order valence-corrected chi connectivity index (χ3v) is 4.05. The normalized spacial score (nSPS) is 19.6. The summed E-state index contributed by atoms with van der Waals surface area (Å²) in [6.45, 7) is 7.80. The highest BCUT2D eigenvalue weighted by Crippen LogP contribution is 2.23. The molecule has 0 radical (unpaired) electrons. The maximum atomic E-state index is 4.61. The molecule has 1 atom stereocenters. The van der Waals surface area contributed by atoms with Gasteiger partial charge in [-0.3, -0.25) is 0 Å². The minimum atomic E-state index is 0.436. The van der Waals surface area contributed by atoms with Crippen molar-refractivity contribution in [2.75, 3.05) is 24.5 Å². The SMILES string of the molecule is CC(C)N(CC1CCCNC1)c1nccn2nccc12. The summed E-state index contributed by atoms with van der Waals surface area (Å²) in [4.78, 5) is 7.02. The molecule has 20 heavy (non-hydrogen) atoms. The highest BCUT2D eigenvalue weighted by Gasteiger charge is 2.21. The summed E-state index contributed by atoms with van der Waals surface area (Å²) in [5, 5.41) is 7.80. The second-order valence-electron chi connectivity index (χ2n) is 5.87.